The zero-order chi connectivity index (χ0) is 36.7. The third-order valence-corrected chi connectivity index (χ3v) is 9.44. The smallest absolute Gasteiger partial charge is 0.229 e. The predicted octanol–water partition coefficient (Wildman–Crippen LogP) is -3.05. The minimum Gasteiger partial charge on any atom is -0.507 e. The van der Waals surface area contributed by atoms with Crippen molar-refractivity contribution in [2.75, 3.05) is 13.2 Å². The molecular weight excluding hydrogens is 684 g/mol. The molecule has 0 unspecified atom stereocenters. The Morgan fingerprint density at radius 1 is 0.706 bits per heavy atom. The van der Waals surface area contributed by atoms with Crippen LogP contribution >= 0.6 is 0 Å². The standard InChI is InChI=1S/C33H42O18/c1-12-22(38)25(41)27(43)31(45-12)50-29-24(40)20(11-35)49-33(30(29)51-32-28(44)26(42)23(39)19(10-34)48-32)46-14-7-15(36)21-16(37)9-17(47-18(21)8-14)13-5-3-2-4-6-13/h2-8,12,17,19-20,22-36,38-44H,9-11H2,1H3/t12-,17-,19+,20+,22-,23+,24+,25+,26-,27+,28+,29-,30+,31-,32-,33-/m0/s1. The molecule has 0 aliphatic carbocycles. The van der Waals surface area contributed by atoms with Gasteiger partial charge in [0, 0.05) is 12.1 Å². The van der Waals surface area contributed by atoms with Crippen molar-refractivity contribution in [1.29, 1.82) is 0 Å². The summed E-state index contributed by atoms with van der Waals surface area (Å²) in [4.78, 5) is 13.1. The number of carbonyl (C=O) groups is 1. The van der Waals surface area contributed by atoms with Crippen LogP contribution in [0.4, 0.5) is 0 Å². The van der Waals surface area contributed by atoms with Gasteiger partial charge in [-0.05, 0) is 12.5 Å². The molecule has 0 saturated carbocycles. The molecular formula is C33H42O18. The third-order valence-electron chi connectivity index (χ3n) is 9.44. The van der Waals surface area contributed by atoms with Crippen LogP contribution in [0.1, 0.15) is 35.4 Å². The summed E-state index contributed by atoms with van der Waals surface area (Å²) in [5.41, 5.74) is 0.598. The van der Waals surface area contributed by atoms with Crippen LogP contribution in [0.25, 0.3) is 0 Å². The zero-order valence-corrected chi connectivity index (χ0v) is 27.1. The van der Waals surface area contributed by atoms with Gasteiger partial charge in [0.2, 0.25) is 6.29 Å². The molecule has 18 nitrogen and oxygen atoms in total. The highest BCUT2D eigenvalue weighted by atomic mass is 16.8. The lowest BCUT2D eigenvalue weighted by molar-refractivity contribution is -0.383. The van der Waals surface area contributed by atoms with Gasteiger partial charge in [-0.3, -0.25) is 4.79 Å². The minimum absolute atomic E-state index is 0.0379. The summed E-state index contributed by atoms with van der Waals surface area (Å²) in [5, 5.41) is 105. The molecule has 18 heteroatoms. The fraction of sp³-hybridized carbons (Fsp3) is 0.606. The van der Waals surface area contributed by atoms with Crippen molar-refractivity contribution >= 4 is 5.78 Å². The fourth-order valence-corrected chi connectivity index (χ4v) is 6.52. The van der Waals surface area contributed by atoms with Crippen molar-refractivity contribution in [3.8, 4) is 17.2 Å². The van der Waals surface area contributed by atoms with E-state index in [9.17, 15) is 55.9 Å². The summed E-state index contributed by atoms with van der Waals surface area (Å²) in [6.07, 6.45) is -26.0. The zero-order valence-electron chi connectivity index (χ0n) is 27.1. The third kappa shape index (κ3) is 7.44. The molecule has 4 aliphatic rings. The van der Waals surface area contributed by atoms with Gasteiger partial charge in [-0.15, -0.1) is 0 Å². The Balaban J connectivity index is 1.34. The molecule has 16 atom stereocenters. The Bertz CT molecular complexity index is 1490. The molecule has 3 fully saturated rings. The summed E-state index contributed by atoms with van der Waals surface area (Å²) in [6.45, 7) is -0.248. The van der Waals surface area contributed by atoms with Crippen LogP contribution in [0.3, 0.4) is 0 Å². The Hall–Kier alpha value is -3.05. The summed E-state index contributed by atoms with van der Waals surface area (Å²) in [6, 6.07) is 11.3. The normalized spacial score (nSPS) is 41.4. The molecule has 0 amide bonds. The Kier molecular flexibility index (Phi) is 11.5. The van der Waals surface area contributed by atoms with Gasteiger partial charge in [-0.1, -0.05) is 30.3 Å². The summed E-state index contributed by atoms with van der Waals surface area (Å²) < 4.78 is 40.9. The van der Waals surface area contributed by atoms with Crippen molar-refractivity contribution in [3.05, 3.63) is 53.6 Å². The first-order chi connectivity index (χ1) is 24.3. The highest BCUT2D eigenvalue weighted by Gasteiger charge is 2.54. The lowest BCUT2D eigenvalue weighted by atomic mass is 9.95. The van der Waals surface area contributed by atoms with E-state index in [1.54, 1.807) is 30.3 Å². The molecule has 0 spiro atoms. The van der Waals surface area contributed by atoms with E-state index in [1.807, 2.05) is 0 Å². The van der Waals surface area contributed by atoms with Crippen LogP contribution in [0.5, 0.6) is 17.2 Å². The van der Waals surface area contributed by atoms with Crippen molar-refractivity contribution in [2.24, 2.45) is 0 Å². The van der Waals surface area contributed by atoms with Crippen molar-refractivity contribution in [2.45, 2.75) is 112 Å². The number of carbonyl (C=O) groups excluding carboxylic acids is 1. The van der Waals surface area contributed by atoms with E-state index < -0.39 is 123 Å². The van der Waals surface area contributed by atoms with E-state index in [0.29, 0.717) is 5.56 Å². The van der Waals surface area contributed by atoms with Crippen LogP contribution in [-0.4, -0.2) is 162 Å². The van der Waals surface area contributed by atoms with Gasteiger partial charge >= 0.3 is 0 Å². The van der Waals surface area contributed by atoms with Crippen molar-refractivity contribution in [3.63, 3.8) is 0 Å². The topological polar surface area (TPSA) is 284 Å². The molecule has 2 aromatic carbocycles. The molecule has 51 heavy (non-hydrogen) atoms. The number of fused-ring (bicyclic) bond motifs is 1. The number of ketones is 1. The molecule has 6 rings (SSSR count). The highest BCUT2D eigenvalue weighted by molar-refractivity contribution is 6.02. The van der Waals surface area contributed by atoms with Gasteiger partial charge in [0.1, 0.15) is 90.0 Å². The first-order valence-corrected chi connectivity index (χ1v) is 16.4. The first-order valence-electron chi connectivity index (χ1n) is 16.4. The van der Waals surface area contributed by atoms with E-state index in [1.165, 1.54) is 13.0 Å². The number of Topliss-reactive ketones (excluding diaryl/α,β-unsaturated/α-hetero) is 1. The van der Waals surface area contributed by atoms with Crippen molar-refractivity contribution in [1.82, 2.24) is 0 Å². The lowest BCUT2D eigenvalue weighted by Crippen LogP contribution is -2.67. The maximum Gasteiger partial charge on any atom is 0.229 e. The van der Waals surface area contributed by atoms with Crippen LogP contribution in [-0.2, 0) is 23.7 Å². The van der Waals surface area contributed by atoms with Gasteiger partial charge in [-0.2, -0.15) is 0 Å². The Morgan fingerprint density at radius 3 is 1.96 bits per heavy atom. The number of ether oxygens (including phenoxy) is 7. The number of phenols is 1. The van der Waals surface area contributed by atoms with Crippen LogP contribution in [0, 0.1) is 0 Å². The molecule has 0 radical (unpaired) electrons. The minimum atomic E-state index is -1.95. The van der Waals surface area contributed by atoms with Gasteiger partial charge in [0.25, 0.3) is 0 Å². The lowest BCUT2D eigenvalue weighted by Gasteiger charge is -2.48. The average molecular weight is 727 g/mol. The van der Waals surface area contributed by atoms with Crippen molar-refractivity contribution < 1.29 is 89.0 Å². The van der Waals surface area contributed by atoms with Gasteiger partial charge < -0.3 is 84.2 Å². The molecule has 4 aliphatic heterocycles. The highest BCUT2D eigenvalue weighted by Crippen LogP contribution is 2.43. The second kappa shape index (κ2) is 15.5. The number of aromatic hydroxyl groups is 1. The van der Waals surface area contributed by atoms with E-state index in [0.717, 1.165) is 6.07 Å². The van der Waals surface area contributed by atoms with Gasteiger partial charge in [-0.25, -0.2) is 0 Å². The van der Waals surface area contributed by atoms with Crippen LogP contribution in [0.2, 0.25) is 0 Å². The van der Waals surface area contributed by atoms with E-state index in [2.05, 4.69) is 0 Å². The van der Waals surface area contributed by atoms with Crippen LogP contribution < -0.4 is 9.47 Å². The SMILES string of the molecule is C[C@@H]1O[C@@H](O[C@H]2[C@H](O)[C@@H](CO)O[C@H](Oc3cc(O)c4c(c3)O[C@H](c3ccccc3)CC4=O)[C@@H]2O[C@@H]2O[C@H](CO)[C@@H](O)[C@H](O)[C@H]2O)[C@H](O)[C@H](O)[C@H]1O. The fourth-order valence-electron chi connectivity index (χ4n) is 6.52. The largest absolute Gasteiger partial charge is 0.507 e. The monoisotopic (exact) mass is 726 g/mol. The Labute approximate surface area is 290 Å². The van der Waals surface area contributed by atoms with E-state index in [-0.39, 0.29) is 23.5 Å². The second-order valence-electron chi connectivity index (χ2n) is 12.9. The summed E-state index contributed by atoms with van der Waals surface area (Å²) in [7, 11) is 0. The Morgan fingerprint density at radius 2 is 1.29 bits per heavy atom. The van der Waals surface area contributed by atoms with E-state index >= 15 is 0 Å². The first kappa shape index (κ1) is 37.7. The molecule has 0 aromatic heterocycles. The van der Waals surface area contributed by atoms with E-state index in [4.69, 9.17) is 33.2 Å². The van der Waals surface area contributed by atoms with Gasteiger partial charge in [0.15, 0.2) is 24.5 Å². The number of aliphatic hydroxyl groups excluding tert-OH is 9. The molecule has 2 aromatic rings. The maximum absolute atomic E-state index is 13.1. The maximum atomic E-state index is 13.1. The molecule has 10 N–H and O–H groups in total. The van der Waals surface area contributed by atoms with Crippen LogP contribution in [0.15, 0.2) is 42.5 Å². The number of benzene rings is 2. The number of rotatable bonds is 9. The number of hydrogen-bond acceptors (Lipinski definition) is 18. The number of phenolic OH excluding ortho intramolecular Hbond substituents is 1. The number of hydrogen-bond donors (Lipinski definition) is 10. The predicted molar refractivity (Wildman–Crippen MR) is 165 cm³/mol. The molecule has 3 saturated heterocycles. The average Bonchev–Trinajstić information content (AvgIpc) is 3.11. The quantitative estimate of drug-likeness (QED) is 0.123. The molecule has 0 bridgehead atoms. The summed E-state index contributed by atoms with van der Waals surface area (Å²) >= 11 is 0. The molecule has 4 heterocycles. The van der Waals surface area contributed by atoms with Gasteiger partial charge in [0.05, 0.1) is 25.7 Å². The number of aliphatic hydroxyl groups is 9. The second-order valence-corrected chi connectivity index (χ2v) is 12.9. The summed E-state index contributed by atoms with van der Waals surface area (Å²) in [5.74, 6) is -1.12. The molecule has 282 valence electrons.